The van der Waals surface area contributed by atoms with Crippen LogP contribution in [0.15, 0.2) is 69.4 Å². The maximum atomic E-state index is 3.42. The zero-order valence-corrected chi connectivity index (χ0v) is 11.0. The molecule has 2 aromatic carbocycles. The standard InChI is InChI=1S/C14H11BrS/c15-13-6-8-14(9-7-13)16-11-10-12-4-2-1-3-5-12/h1-11H/b11-10-. The van der Waals surface area contributed by atoms with Gasteiger partial charge in [0.2, 0.25) is 0 Å². The molecule has 2 rings (SSSR count). The van der Waals surface area contributed by atoms with Gasteiger partial charge in [-0.15, -0.1) is 0 Å². The Morgan fingerprint density at radius 2 is 1.56 bits per heavy atom. The fourth-order valence-corrected chi connectivity index (χ4v) is 2.21. The van der Waals surface area contributed by atoms with E-state index in [2.05, 4.69) is 63.8 Å². The molecule has 0 aliphatic rings. The first-order valence-corrected chi connectivity index (χ1v) is 6.66. The van der Waals surface area contributed by atoms with Crippen LogP contribution < -0.4 is 0 Å². The second kappa shape index (κ2) is 5.92. The molecule has 16 heavy (non-hydrogen) atoms. The first kappa shape index (κ1) is 11.5. The van der Waals surface area contributed by atoms with Crippen LogP contribution in [-0.4, -0.2) is 0 Å². The average molecular weight is 291 g/mol. The summed E-state index contributed by atoms with van der Waals surface area (Å²) in [6.45, 7) is 0. The van der Waals surface area contributed by atoms with E-state index < -0.39 is 0 Å². The van der Waals surface area contributed by atoms with Crippen molar-refractivity contribution in [3.8, 4) is 0 Å². The Bertz CT molecular complexity index is 460. The normalized spacial score (nSPS) is 10.8. The molecule has 2 heteroatoms. The summed E-state index contributed by atoms with van der Waals surface area (Å²) in [5.41, 5.74) is 1.23. The van der Waals surface area contributed by atoms with E-state index in [1.54, 1.807) is 11.8 Å². The third-order valence-corrected chi connectivity index (χ3v) is 3.42. The van der Waals surface area contributed by atoms with Gasteiger partial charge in [-0.25, -0.2) is 0 Å². The lowest BCUT2D eigenvalue weighted by atomic mass is 10.2. The van der Waals surface area contributed by atoms with Gasteiger partial charge in [0.05, 0.1) is 0 Å². The lowest BCUT2D eigenvalue weighted by Gasteiger charge is -1.96. The van der Waals surface area contributed by atoms with E-state index in [0.29, 0.717) is 0 Å². The van der Waals surface area contributed by atoms with Gasteiger partial charge in [0, 0.05) is 9.37 Å². The van der Waals surface area contributed by atoms with Crippen LogP contribution in [0.4, 0.5) is 0 Å². The van der Waals surface area contributed by atoms with Crippen LogP contribution in [0.3, 0.4) is 0 Å². The van der Waals surface area contributed by atoms with Crippen LogP contribution in [0.1, 0.15) is 5.56 Å². The molecule has 0 amide bonds. The second-order valence-corrected chi connectivity index (χ2v) is 5.18. The molecular weight excluding hydrogens is 280 g/mol. The van der Waals surface area contributed by atoms with Crippen LogP contribution in [0.25, 0.3) is 6.08 Å². The predicted octanol–water partition coefficient (Wildman–Crippen LogP) is 5.21. The minimum Gasteiger partial charge on any atom is -0.0981 e. The first-order valence-electron chi connectivity index (χ1n) is 4.98. The number of rotatable bonds is 3. The van der Waals surface area contributed by atoms with Crippen LogP contribution in [0.2, 0.25) is 0 Å². The van der Waals surface area contributed by atoms with Crippen molar-refractivity contribution >= 4 is 33.8 Å². The highest BCUT2D eigenvalue weighted by atomic mass is 79.9. The fraction of sp³-hybridized carbons (Fsp3) is 0. The summed E-state index contributed by atoms with van der Waals surface area (Å²) < 4.78 is 1.11. The minimum absolute atomic E-state index is 1.11. The molecule has 0 aliphatic carbocycles. The molecule has 0 nitrogen and oxygen atoms in total. The van der Waals surface area contributed by atoms with Gasteiger partial charge in [-0.3, -0.25) is 0 Å². The SMILES string of the molecule is Brc1ccc(S/C=C\c2ccccc2)cc1. The second-order valence-electron chi connectivity index (χ2n) is 3.29. The molecule has 0 N–H and O–H groups in total. The summed E-state index contributed by atoms with van der Waals surface area (Å²) in [5, 5.41) is 2.11. The molecular formula is C14H11BrS. The first-order chi connectivity index (χ1) is 7.84. The summed E-state index contributed by atoms with van der Waals surface area (Å²) in [6, 6.07) is 18.6. The molecule has 0 aromatic heterocycles. The quantitative estimate of drug-likeness (QED) is 0.699. The zero-order valence-electron chi connectivity index (χ0n) is 8.64. The van der Waals surface area contributed by atoms with E-state index >= 15 is 0 Å². The van der Waals surface area contributed by atoms with Gasteiger partial charge in [-0.05, 0) is 41.3 Å². The van der Waals surface area contributed by atoms with Crippen molar-refractivity contribution in [2.45, 2.75) is 4.90 Å². The third-order valence-electron chi connectivity index (χ3n) is 2.08. The van der Waals surface area contributed by atoms with Crippen molar-refractivity contribution in [2.75, 3.05) is 0 Å². The van der Waals surface area contributed by atoms with Crippen LogP contribution in [0, 0.1) is 0 Å². The van der Waals surface area contributed by atoms with Gasteiger partial charge < -0.3 is 0 Å². The summed E-state index contributed by atoms with van der Waals surface area (Å²) in [4.78, 5) is 1.25. The zero-order chi connectivity index (χ0) is 11.2. The van der Waals surface area contributed by atoms with E-state index in [1.165, 1.54) is 10.5 Å². The van der Waals surface area contributed by atoms with Gasteiger partial charge in [-0.2, -0.15) is 0 Å². The Hall–Kier alpha value is -0.990. The molecule has 0 heterocycles. The van der Waals surface area contributed by atoms with Gasteiger partial charge in [0.15, 0.2) is 0 Å². The summed E-state index contributed by atoms with van der Waals surface area (Å²) in [5.74, 6) is 0. The molecule has 0 atom stereocenters. The Morgan fingerprint density at radius 1 is 0.875 bits per heavy atom. The molecule has 0 saturated heterocycles. The largest absolute Gasteiger partial charge is 0.0981 e. The molecule has 2 aromatic rings. The number of benzene rings is 2. The van der Waals surface area contributed by atoms with Gasteiger partial charge >= 0.3 is 0 Å². The Morgan fingerprint density at radius 3 is 2.25 bits per heavy atom. The van der Waals surface area contributed by atoms with Crippen molar-refractivity contribution in [2.24, 2.45) is 0 Å². The van der Waals surface area contributed by atoms with Gasteiger partial charge in [0.1, 0.15) is 0 Å². The van der Waals surface area contributed by atoms with Crippen molar-refractivity contribution in [3.63, 3.8) is 0 Å². The van der Waals surface area contributed by atoms with Gasteiger partial charge in [0.25, 0.3) is 0 Å². The minimum atomic E-state index is 1.11. The molecule has 0 radical (unpaired) electrons. The smallest absolute Gasteiger partial charge is 0.0176 e. The Labute approximate surface area is 109 Å². The lowest BCUT2D eigenvalue weighted by Crippen LogP contribution is -1.69. The maximum Gasteiger partial charge on any atom is 0.0176 e. The van der Waals surface area contributed by atoms with Crippen LogP contribution in [0.5, 0.6) is 0 Å². The Kier molecular flexibility index (Phi) is 4.25. The monoisotopic (exact) mass is 290 g/mol. The van der Waals surface area contributed by atoms with Crippen molar-refractivity contribution in [1.82, 2.24) is 0 Å². The topological polar surface area (TPSA) is 0 Å². The van der Waals surface area contributed by atoms with E-state index in [1.807, 2.05) is 18.2 Å². The number of hydrogen-bond donors (Lipinski definition) is 0. The molecule has 0 spiro atoms. The fourth-order valence-electron chi connectivity index (χ4n) is 1.27. The van der Waals surface area contributed by atoms with Crippen molar-refractivity contribution in [1.29, 1.82) is 0 Å². The number of thioether (sulfide) groups is 1. The lowest BCUT2D eigenvalue weighted by molar-refractivity contribution is 1.45. The van der Waals surface area contributed by atoms with E-state index in [-0.39, 0.29) is 0 Å². The van der Waals surface area contributed by atoms with Crippen molar-refractivity contribution in [3.05, 3.63) is 70.0 Å². The molecule has 0 unspecified atom stereocenters. The highest BCUT2D eigenvalue weighted by Crippen LogP contribution is 2.22. The highest BCUT2D eigenvalue weighted by molar-refractivity contribution is 9.10. The maximum absolute atomic E-state index is 3.42. The number of hydrogen-bond acceptors (Lipinski definition) is 1. The van der Waals surface area contributed by atoms with Crippen molar-refractivity contribution < 1.29 is 0 Å². The number of halogens is 1. The highest BCUT2D eigenvalue weighted by Gasteiger charge is 1.90. The average Bonchev–Trinajstić information content (AvgIpc) is 2.33. The third kappa shape index (κ3) is 3.54. The molecule has 0 fully saturated rings. The van der Waals surface area contributed by atoms with E-state index in [9.17, 15) is 0 Å². The molecule has 0 saturated carbocycles. The summed E-state index contributed by atoms with van der Waals surface area (Å²) in [7, 11) is 0. The summed E-state index contributed by atoms with van der Waals surface area (Å²) in [6.07, 6.45) is 2.12. The Balaban J connectivity index is 1.97. The van der Waals surface area contributed by atoms with Crippen LogP contribution >= 0.6 is 27.7 Å². The molecule has 0 aliphatic heterocycles. The van der Waals surface area contributed by atoms with Gasteiger partial charge in [-0.1, -0.05) is 58.0 Å². The van der Waals surface area contributed by atoms with E-state index in [0.717, 1.165) is 4.47 Å². The predicted molar refractivity (Wildman–Crippen MR) is 75.5 cm³/mol. The summed E-state index contributed by atoms with van der Waals surface area (Å²) >= 11 is 5.15. The molecule has 80 valence electrons. The van der Waals surface area contributed by atoms with E-state index in [4.69, 9.17) is 0 Å². The molecule has 0 bridgehead atoms. The van der Waals surface area contributed by atoms with Crippen LogP contribution in [-0.2, 0) is 0 Å².